The third kappa shape index (κ3) is 3.29. The van der Waals surface area contributed by atoms with Crippen molar-refractivity contribution in [3.8, 4) is 0 Å². The number of rotatable bonds is 3. The molecule has 4 rings (SSSR count). The molecule has 0 bridgehead atoms. The van der Waals surface area contributed by atoms with Gasteiger partial charge in [0.1, 0.15) is 6.26 Å². The predicted molar refractivity (Wildman–Crippen MR) is 96.3 cm³/mol. The minimum atomic E-state index is -0.296. The lowest BCUT2D eigenvalue weighted by atomic mass is 10.0. The third-order valence-corrected chi connectivity index (χ3v) is 5.29. The van der Waals surface area contributed by atoms with Gasteiger partial charge in [-0.2, -0.15) is 0 Å². The summed E-state index contributed by atoms with van der Waals surface area (Å²) in [5.74, 6) is 0.545. The number of carbonyl (C=O) groups is 1. The second-order valence-electron chi connectivity index (χ2n) is 6.36. The highest BCUT2D eigenvalue weighted by atomic mass is 32.1. The first-order chi connectivity index (χ1) is 12.1. The van der Waals surface area contributed by atoms with Gasteiger partial charge in [0.15, 0.2) is 16.7 Å². The minimum Gasteiger partial charge on any atom is -0.448 e. The van der Waals surface area contributed by atoms with Crippen molar-refractivity contribution in [2.24, 2.45) is 0 Å². The maximum Gasteiger partial charge on any atom is 0.279 e. The number of amides is 1. The van der Waals surface area contributed by atoms with Gasteiger partial charge < -0.3 is 9.15 Å². The van der Waals surface area contributed by atoms with E-state index in [4.69, 9.17) is 9.15 Å². The Balaban J connectivity index is 1.52. The van der Waals surface area contributed by atoms with Crippen LogP contribution in [0, 0.1) is 13.8 Å². The lowest BCUT2D eigenvalue weighted by molar-refractivity contribution is 0.0794. The molecule has 1 aliphatic rings. The quantitative estimate of drug-likeness (QED) is 0.765. The SMILES string of the molecule is Cc1cc(C)c2nc(NC(=O)c3coc(C4CCOCC4)n3)sc2c1. The van der Waals surface area contributed by atoms with Crippen LogP contribution >= 0.6 is 11.3 Å². The van der Waals surface area contributed by atoms with Crippen molar-refractivity contribution < 1.29 is 13.9 Å². The van der Waals surface area contributed by atoms with E-state index >= 15 is 0 Å². The fourth-order valence-electron chi connectivity index (χ4n) is 3.11. The van der Waals surface area contributed by atoms with E-state index in [-0.39, 0.29) is 17.5 Å². The van der Waals surface area contributed by atoms with E-state index in [1.807, 2.05) is 6.92 Å². The van der Waals surface area contributed by atoms with E-state index in [0.29, 0.717) is 24.2 Å². The van der Waals surface area contributed by atoms with Crippen LogP contribution in [0.1, 0.15) is 46.3 Å². The molecule has 1 N–H and O–H groups in total. The van der Waals surface area contributed by atoms with E-state index in [1.165, 1.54) is 23.2 Å². The van der Waals surface area contributed by atoms with E-state index < -0.39 is 0 Å². The Kier molecular flexibility index (Phi) is 4.27. The van der Waals surface area contributed by atoms with Gasteiger partial charge in [-0.05, 0) is 43.9 Å². The molecule has 1 saturated heterocycles. The molecule has 3 aromatic rings. The van der Waals surface area contributed by atoms with Crippen LogP contribution in [0.5, 0.6) is 0 Å². The van der Waals surface area contributed by atoms with Gasteiger partial charge in [0.25, 0.3) is 5.91 Å². The summed E-state index contributed by atoms with van der Waals surface area (Å²) in [6, 6.07) is 4.17. The molecule has 1 amide bonds. The zero-order valence-corrected chi connectivity index (χ0v) is 15.0. The number of anilines is 1. The average molecular weight is 357 g/mol. The van der Waals surface area contributed by atoms with Crippen molar-refractivity contribution in [2.45, 2.75) is 32.6 Å². The Morgan fingerprint density at radius 2 is 2.04 bits per heavy atom. The van der Waals surface area contributed by atoms with Gasteiger partial charge in [-0.15, -0.1) is 0 Å². The second kappa shape index (κ2) is 6.57. The van der Waals surface area contributed by atoms with Crippen LogP contribution in [0.25, 0.3) is 10.2 Å². The van der Waals surface area contributed by atoms with Crippen LogP contribution in [0.15, 0.2) is 22.8 Å². The van der Waals surface area contributed by atoms with Crippen LogP contribution in [0.2, 0.25) is 0 Å². The first-order valence-electron chi connectivity index (χ1n) is 8.32. The predicted octanol–water partition coefficient (Wildman–Crippen LogP) is 4.05. The van der Waals surface area contributed by atoms with Crippen molar-refractivity contribution >= 4 is 32.6 Å². The third-order valence-electron chi connectivity index (χ3n) is 4.38. The summed E-state index contributed by atoms with van der Waals surface area (Å²) >= 11 is 1.47. The fraction of sp³-hybridized carbons (Fsp3) is 0.389. The van der Waals surface area contributed by atoms with Crippen LogP contribution in [0.4, 0.5) is 5.13 Å². The number of nitrogens with one attached hydrogen (secondary N) is 1. The monoisotopic (exact) mass is 357 g/mol. The lowest BCUT2D eigenvalue weighted by Gasteiger charge is -2.18. The molecule has 1 aromatic carbocycles. The molecule has 0 spiro atoms. The minimum absolute atomic E-state index is 0.225. The molecule has 0 atom stereocenters. The number of nitrogens with zero attached hydrogens (tertiary/aromatic N) is 2. The first-order valence-corrected chi connectivity index (χ1v) is 9.14. The number of hydrogen-bond acceptors (Lipinski definition) is 6. The van der Waals surface area contributed by atoms with Gasteiger partial charge >= 0.3 is 0 Å². The van der Waals surface area contributed by atoms with Gasteiger partial charge in [0.05, 0.1) is 10.2 Å². The topological polar surface area (TPSA) is 77.2 Å². The summed E-state index contributed by atoms with van der Waals surface area (Å²) in [7, 11) is 0. The summed E-state index contributed by atoms with van der Waals surface area (Å²) in [6.45, 7) is 5.49. The molecule has 1 fully saturated rings. The maximum absolute atomic E-state index is 12.4. The Bertz CT molecular complexity index is 925. The molecule has 2 aromatic heterocycles. The average Bonchev–Trinajstić information content (AvgIpc) is 3.22. The van der Waals surface area contributed by atoms with Crippen molar-refractivity contribution in [3.63, 3.8) is 0 Å². The van der Waals surface area contributed by atoms with E-state index in [9.17, 15) is 4.79 Å². The van der Waals surface area contributed by atoms with Gasteiger partial charge in [0.2, 0.25) is 0 Å². The van der Waals surface area contributed by atoms with E-state index in [0.717, 1.165) is 28.6 Å². The molecule has 0 radical (unpaired) electrons. The van der Waals surface area contributed by atoms with E-state index in [1.54, 1.807) is 0 Å². The summed E-state index contributed by atoms with van der Waals surface area (Å²) in [4.78, 5) is 21.3. The largest absolute Gasteiger partial charge is 0.448 e. The standard InChI is InChI=1S/C18H19N3O3S/c1-10-7-11(2)15-14(8-10)25-18(20-15)21-16(22)13-9-24-17(19-13)12-3-5-23-6-4-12/h7-9,12H,3-6H2,1-2H3,(H,20,21,22). The molecule has 0 aliphatic carbocycles. The number of hydrogen-bond donors (Lipinski definition) is 1. The molecule has 0 saturated carbocycles. The zero-order chi connectivity index (χ0) is 17.4. The highest BCUT2D eigenvalue weighted by Crippen LogP contribution is 2.30. The Labute approximate surface area is 149 Å². The van der Waals surface area contributed by atoms with Gasteiger partial charge in [-0.1, -0.05) is 17.4 Å². The Morgan fingerprint density at radius 3 is 2.84 bits per heavy atom. The van der Waals surface area contributed by atoms with Crippen molar-refractivity contribution in [1.29, 1.82) is 0 Å². The van der Waals surface area contributed by atoms with Gasteiger partial charge in [-0.3, -0.25) is 10.1 Å². The Hall–Kier alpha value is -2.25. The summed E-state index contributed by atoms with van der Waals surface area (Å²) in [6.07, 6.45) is 3.17. The molecule has 0 unspecified atom stereocenters. The number of oxazole rings is 1. The molecule has 6 nitrogen and oxygen atoms in total. The first kappa shape index (κ1) is 16.2. The highest BCUT2D eigenvalue weighted by Gasteiger charge is 2.23. The molecule has 25 heavy (non-hydrogen) atoms. The molecular weight excluding hydrogens is 338 g/mol. The number of carbonyl (C=O) groups excluding carboxylic acids is 1. The van der Waals surface area contributed by atoms with Crippen LogP contribution in [0.3, 0.4) is 0 Å². The number of benzene rings is 1. The van der Waals surface area contributed by atoms with Crippen LogP contribution in [-0.2, 0) is 4.74 Å². The van der Waals surface area contributed by atoms with Crippen molar-refractivity contribution in [1.82, 2.24) is 9.97 Å². The van der Waals surface area contributed by atoms with Gasteiger partial charge in [-0.25, -0.2) is 9.97 Å². The number of thiazole rings is 1. The number of fused-ring (bicyclic) bond motifs is 1. The molecule has 1 aliphatic heterocycles. The normalized spacial score (nSPS) is 15.6. The van der Waals surface area contributed by atoms with Gasteiger partial charge in [0, 0.05) is 19.1 Å². The molecule has 7 heteroatoms. The smallest absolute Gasteiger partial charge is 0.279 e. The number of aryl methyl sites for hydroxylation is 2. The fourth-order valence-corrected chi connectivity index (χ4v) is 4.15. The van der Waals surface area contributed by atoms with Crippen molar-refractivity contribution in [2.75, 3.05) is 18.5 Å². The van der Waals surface area contributed by atoms with Crippen LogP contribution < -0.4 is 5.32 Å². The maximum atomic E-state index is 12.4. The number of aromatic nitrogens is 2. The molecule has 130 valence electrons. The summed E-state index contributed by atoms with van der Waals surface area (Å²) in [5, 5.41) is 3.41. The summed E-state index contributed by atoms with van der Waals surface area (Å²) in [5.41, 5.74) is 3.50. The summed E-state index contributed by atoms with van der Waals surface area (Å²) < 4.78 is 11.9. The van der Waals surface area contributed by atoms with Crippen LogP contribution in [-0.4, -0.2) is 29.1 Å². The van der Waals surface area contributed by atoms with Crippen molar-refractivity contribution in [3.05, 3.63) is 41.1 Å². The lowest BCUT2D eigenvalue weighted by Crippen LogP contribution is -2.15. The molecule has 3 heterocycles. The highest BCUT2D eigenvalue weighted by molar-refractivity contribution is 7.22. The second-order valence-corrected chi connectivity index (χ2v) is 7.39. The Morgan fingerprint density at radius 1 is 1.24 bits per heavy atom. The van der Waals surface area contributed by atoms with E-state index in [2.05, 4.69) is 34.3 Å². The zero-order valence-electron chi connectivity index (χ0n) is 14.2. The molecular formula is C18H19N3O3S. The number of ether oxygens (including phenoxy) is 1.